The van der Waals surface area contributed by atoms with Gasteiger partial charge in [-0.3, -0.25) is 4.79 Å². The van der Waals surface area contributed by atoms with Crippen LogP contribution in [0.1, 0.15) is 46.5 Å². The van der Waals surface area contributed by atoms with E-state index in [9.17, 15) is 4.79 Å². The average Bonchev–Trinajstić information content (AvgIpc) is 2.74. The minimum Gasteiger partial charge on any atom is -0.366 e. The van der Waals surface area contributed by atoms with Crippen molar-refractivity contribution in [3.63, 3.8) is 0 Å². The van der Waals surface area contributed by atoms with Gasteiger partial charge in [-0.25, -0.2) is 0 Å². The van der Waals surface area contributed by atoms with Gasteiger partial charge in [-0.15, -0.1) is 6.58 Å². The molecule has 0 aromatic rings. The molecule has 17 heavy (non-hydrogen) atoms. The van der Waals surface area contributed by atoms with Crippen molar-refractivity contribution in [3.05, 3.63) is 12.7 Å². The molecule has 1 saturated carbocycles. The summed E-state index contributed by atoms with van der Waals surface area (Å²) in [6, 6.07) is 0.393. The SMILES string of the molecule is C=CCN(C(=O)COC(C)(C)C)C1CCCC1. The first-order valence-electron chi connectivity index (χ1n) is 6.48. The molecule has 0 heterocycles. The zero-order chi connectivity index (χ0) is 12.9. The van der Waals surface area contributed by atoms with Crippen molar-refractivity contribution in [2.45, 2.75) is 58.1 Å². The Morgan fingerprint density at radius 3 is 2.47 bits per heavy atom. The first-order valence-corrected chi connectivity index (χ1v) is 6.48. The number of hydrogen-bond acceptors (Lipinski definition) is 2. The van der Waals surface area contributed by atoms with Crippen LogP contribution in [0.3, 0.4) is 0 Å². The molecule has 3 heteroatoms. The first kappa shape index (κ1) is 14.2. The molecule has 1 rings (SSSR count). The highest BCUT2D eigenvalue weighted by Gasteiger charge is 2.26. The maximum Gasteiger partial charge on any atom is 0.249 e. The summed E-state index contributed by atoms with van der Waals surface area (Å²) in [6.07, 6.45) is 6.49. The van der Waals surface area contributed by atoms with Crippen LogP contribution in [0.25, 0.3) is 0 Å². The van der Waals surface area contributed by atoms with Gasteiger partial charge in [0.1, 0.15) is 6.61 Å². The van der Waals surface area contributed by atoms with Crippen LogP contribution in [0.15, 0.2) is 12.7 Å². The Hall–Kier alpha value is -0.830. The van der Waals surface area contributed by atoms with Crippen molar-refractivity contribution in [3.8, 4) is 0 Å². The fraction of sp³-hybridized carbons (Fsp3) is 0.786. The van der Waals surface area contributed by atoms with E-state index in [1.807, 2.05) is 25.7 Å². The molecule has 0 radical (unpaired) electrons. The van der Waals surface area contributed by atoms with Crippen LogP contribution < -0.4 is 0 Å². The molecule has 0 atom stereocenters. The molecular formula is C14H25NO2. The molecular weight excluding hydrogens is 214 g/mol. The van der Waals surface area contributed by atoms with E-state index in [0.717, 1.165) is 12.8 Å². The topological polar surface area (TPSA) is 29.5 Å². The third kappa shape index (κ3) is 4.90. The normalized spacial score (nSPS) is 17.1. The first-order chi connectivity index (χ1) is 7.94. The zero-order valence-corrected chi connectivity index (χ0v) is 11.4. The minimum atomic E-state index is -0.259. The van der Waals surface area contributed by atoms with Gasteiger partial charge in [0, 0.05) is 12.6 Å². The van der Waals surface area contributed by atoms with Gasteiger partial charge < -0.3 is 9.64 Å². The Balaban J connectivity index is 2.51. The van der Waals surface area contributed by atoms with Crippen LogP contribution in [0.5, 0.6) is 0 Å². The molecule has 0 saturated heterocycles. The fourth-order valence-electron chi connectivity index (χ4n) is 2.17. The third-order valence-electron chi connectivity index (χ3n) is 3.04. The molecule has 0 aliphatic heterocycles. The van der Waals surface area contributed by atoms with Crippen LogP contribution in [-0.2, 0) is 9.53 Å². The van der Waals surface area contributed by atoms with E-state index in [1.54, 1.807) is 6.08 Å². The van der Waals surface area contributed by atoms with Gasteiger partial charge in [0.15, 0.2) is 0 Å². The highest BCUT2D eigenvalue weighted by molar-refractivity contribution is 5.78. The predicted molar refractivity (Wildman–Crippen MR) is 69.9 cm³/mol. The number of carbonyl (C=O) groups excluding carboxylic acids is 1. The van der Waals surface area contributed by atoms with E-state index in [2.05, 4.69) is 6.58 Å². The van der Waals surface area contributed by atoms with Crippen LogP contribution in [0.4, 0.5) is 0 Å². The van der Waals surface area contributed by atoms with Crippen molar-refractivity contribution in [2.24, 2.45) is 0 Å². The molecule has 1 amide bonds. The van der Waals surface area contributed by atoms with Crippen molar-refractivity contribution in [2.75, 3.05) is 13.2 Å². The van der Waals surface area contributed by atoms with Gasteiger partial charge in [0.25, 0.3) is 0 Å². The Morgan fingerprint density at radius 2 is 2.00 bits per heavy atom. The van der Waals surface area contributed by atoms with E-state index in [0.29, 0.717) is 12.6 Å². The quantitative estimate of drug-likeness (QED) is 0.690. The number of amides is 1. The molecule has 1 fully saturated rings. The number of nitrogens with zero attached hydrogens (tertiary/aromatic N) is 1. The summed E-state index contributed by atoms with van der Waals surface area (Å²) in [5.41, 5.74) is -0.259. The van der Waals surface area contributed by atoms with Gasteiger partial charge in [0.2, 0.25) is 5.91 Å². The lowest BCUT2D eigenvalue weighted by molar-refractivity contribution is -0.142. The molecule has 0 bridgehead atoms. The molecule has 0 aromatic heterocycles. The van der Waals surface area contributed by atoms with Crippen molar-refractivity contribution in [1.29, 1.82) is 0 Å². The number of rotatable bonds is 5. The summed E-state index contributed by atoms with van der Waals surface area (Å²) in [5, 5.41) is 0. The van der Waals surface area contributed by atoms with Crippen LogP contribution in [-0.4, -0.2) is 35.6 Å². The fourth-order valence-corrected chi connectivity index (χ4v) is 2.17. The lowest BCUT2D eigenvalue weighted by Gasteiger charge is -2.29. The predicted octanol–water partition coefficient (Wildman–Crippen LogP) is 2.76. The highest BCUT2D eigenvalue weighted by Crippen LogP contribution is 2.23. The summed E-state index contributed by atoms with van der Waals surface area (Å²) in [5.74, 6) is 0.0896. The average molecular weight is 239 g/mol. The summed E-state index contributed by atoms with van der Waals surface area (Å²) < 4.78 is 5.55. The summed E-state index contributed by atoms with van der Waals surface area (Å²) in [6.45, 7) is 10.4. The van der Waals surface area contributed by atoms with Crippen LogP contribution in [0, 0.1) is 0 Å². The number of carbonyl (C=O) groups is 1. The number of hydrogen-bond donors (Lipinski definition) is 0. The molecule has 0 N–H and O–H groups in total. The summed E-state index contributed by atoms with van der Waals surface area (Å²) in [4.78, 5) is 14.0. The molecule has 0 aromatic carbocycles. The Morgan fingerprint density at radius 1 is 1.41 bits per heavy atom. The monoisotopic (exact) mass is 239 g/mol. The Labute approximate surface area is 105 Å². The highest BCUT2D eigenvalue weighted by atomic mass is 16.5. The summed E-state index contributed by atoms with van der Waals surface area (Å²) >= 11 is 0. The molecule has 1 aliphatic carbocycles. The van der Waals surface area contributed by atoms with E-state index < -0.39 is 0 Å². The van der Waals surface area contributed by atoms with Crippen molar-refractivity contribution >= 4 is 5.91 Å². The number of ether oxygens (including phenoxy) is 1. The second-order valence-electron chi connectivity index (χ2n) is 5.67. The Bertz CT molecular complexity index is 262. The van der Waals surface area contributed by atoms with Crippen molar-refractivity contribution in [1.82, 2.24) is 4.90 Å². The standard InChI is InChI=1S/C14H25NO2/c1-5-10-15(12-8-6-7-9-12)13(16)11-17-14(2,3)4/h5,12H,1,6-11H2,2-4H3. The van der Waals surface area contributed by atoms with Gasteiger partial charge in [-0.2, -0.15) is 0 Å². The lowest BCUT2D eigenvalue weighted by Crippen LogP contribution is -2.42. The summed E-state index contributed by atoms with van der Waals surface area (Å²) in [7, 11) is 0. The van der Waals surface area contributed by atoms with E-state index in [1.165, 1.54) is 12.8 Å². The van der Waals surface area contributed by atoms with E-state index in [-0.39, 0.29) is 18.1 Å². The molecule has 98 valence electrons. The van der Waals surface area contributed by atoms with E-state index in [4.69, 9.17) is 4.74 Å². The third-order valence-corrected chi connectivity index (χ3v) is 3.04. The van der Waals surface area contributed by atoms with Crippen molar-refractivity contribution < 1.29 is 9.53 Å². The zero-order valence-electron chi connectivity index (χ0n) is 11.4. The van der Waals surface area contributed by atoms with Crippen LogP contribution >= 0.6 is 0 Å². The largest absolute Gasteiger partial charge is 0.366 e. The van der Waals surface area contributed by atoms with Gasteiger partial charge >= 0.3 is 0 Å². The second-order valence-corrected chi connectivity index (χ2v) is 5.67. The maximum absolute atomic E-state index is 12.1. The maximum atomic E-state index is 12.1. The lowest BCUT2D eigenvalue weighted by atomic mass is 10.2. The molecule has 3 nitrogen and oxygen atoms in total. The minimum absolute atomic E-state index is 0.0896. The second kappa shape index (κ2) is 6.20. The molecule has 1 aliphatic rings. The van der Waals surface area contributed by atoms with E-state index >= 15 is 0 Å². The smallest absolute Gasteiger partial charge is 0.249 e. The van der Waals surface area contributed by atoms with Crippen LogP contribution in [0.2, 0.25) is 0 Å². The molecule has 0 unspecified atom stereocenters. The van der Waals surface area contributed by atoms with Gasteiger partial charge in [-0.1, -0.05) is 18.9 Å². The Kier molecular flexibility index (Phi) is 5.19. The van der Waals surface area contributed by atoms with Gasteiger partial charge in [0.05, 0.1) is 5.60 Å². The van der Waals surface area contributed by atoms with Gasteiger partial charge in [-0.05, 0) is 33.6 Å². The molecule has 0 spiro atoms.